The van der Waals surface area contributed by atoms with Crippen LogP contribution in [0.1, 0.15) is 34.8 Å². The third-order valence-corrected chi connectivity index (χ3v) is 6.92. The van der Waals surface area contributed by atoms with Crippen molar-refractivity contribution in [2.24, 2.45) is 0 Å². The molecule has 184 valence electrons. The molecule has 0 radical (unpaired) electrons. The molecule has 0 aliphatic carbocycles. The molecule has 1 N–H and O–H groups in total. The SMILES string of the molecule is Cc1ccccc1Oc1ccc(N2C(=S)NC(c3ccccn3)C2c2cccn2Cc2ccco2)cc1. The Hall–Kier alpha value is -4.36. The summed E-state index contributed by atoms with van der Waals surface area (Å²) in [7, 11) is 0. The number of hydrogen-bond acceptors (Lipinski definition) is 4. The molecule has 37 heavy (non-hydrogen) atoms. The number of pyridine rings is 1. The summed E-state index contributed by atoms with van der Waals surface area (Å²) in [6.07, 6.45) is 5.60. The molecule has 1 aliphatic rings. The van der Waals surface area contributed by atoms with Crippen LogP contribution in [0.5, 0.6) is 11.5 Å². The number of aryl methyl sites for hydroxylation is 1. The minimum absolute atomic E-state index is 0.115. The molecular formula is C30H26N4O2S. The zero-order valence-electron chi connectivity index (χ0n) is 20.3. The molecule has 4 heterocycles. The molecule has 3 aromatic heterocycles. The highest BCUT2D eigenvalue weighted by molar-refractivity contribution is 7.80. The second-order valence-electron chi connectivity index (χ2n) is 9.00. The van der Waals surface area contributed by atoms with Gasteiger partial charge >= 0.3 is 0 Å². The predicted octanol–water partition coefficient (Wildman–Crippen LogP) is 6.80. The number of para-hydroxylation sites is 1. The van der Waals surface area contributed by atoms with Crippen LogP contribution in [0.4, 0.5) is 5.69 Å². The number of aromatic nitrogens is 2. The second kappa shape index (κ2) is 9.95. The highest BCUT2D eigenvalue weighted by Gasteiger charge is 2.42. The number of furan rings is 1. The maximum atomic E-state index is 6.13. The molecule has 0 spiro atoms. The fourth-order valence-electron chi connectivity index (χ4n) is 4.82. The van der Waals surface area contributed by atoms with Gasteiger partial charge in [-0.15, -0.1) is 0 Å². The zero-order chi connectivity index (χ0) is 25.2. The minimum atomic E-state index is -0.123. The molecule has 0 saturated carbocycles. The number of rotatable bonds is 7. The first-order chi connectivity index (χ1) is 18.2. The predicted molar refractivity (Wildman–Crippen MR) is 148 cm³/mol. The Morgan fingerprint density at radius 1 is 0.946 bits per heavy atom. The van der Waals surface area contributed by atoms with Gasteiger partial charge in [-0.1, -0.05) is 24.3 Å². The first-order valence-electron chi connectivity index (χ1n) is 12.2. The average molecular weight is 507 g/mol. The van der Waals surface area contributed by atoms with Crippen molar-refractivity contribution in [1.29, 1.82) is 0 Å². The fourth-order valence-corrected chi connectivity index (χ4v) is 5.16. The van der Waals surface area contributed by atoms with E-state index in [1.165, 1.54) is 0 Å². The molecule has 0 amide bonds. The number of anilines is 1. The quantitative estimate of drug-likeness (QED) is 0.245. The van der Waals surface area contributed by atoms with Crippen molar-refractivity contribution in [2.75, 3.05) is 4.90 Å². The van der Waals surface area contributed by atoms with Crippen LogP contribution in [-0.4, -0.2) is 14.7 Å². The van der Waals surface area contributed by atoms with Gasteiger partial charge in [0.1, 0.15) is 23.3 Å². The molecular weight excluding hydrogens is 480 g/mol. The first-order valence-corrected chi connectivity index (χ1v) is 12.6. The first kappa shape index (κ1) is 23.1. The summed E-state index contributed by atoms with van der Waals surface area (Å²) in [6, 6.07) is 29.9. The van der Waals surface area contributed by atoms with Gasteiger partial charge in [0.05, 0.1) is 24.5 Å². The fraction of sp³-hybridized carbons (Fsp3) is 0.133. The Balaban J connectivity index is 1.36. The summed E-state index contributed by atoms with van der Waals surface area (Å²) in [6.45, 7) is 2.67. The van der Waals surface area contributed by atoms with E-state index >= 15 is 0 Å². The number of hydrogen-bond donors (Lipinski definition) is 1. The summed E-state index contributed by atoms with van der Waals surface area (Å²) in [4.78, 5) is 6.83. The van der Waals surface area contributed by atoms with Crippen LogP contribution < -0.4 is 15.0 Å². The average Bonchev–Trinajstić information content (AvgIpc) is 3.67. The highest BCUT2D eigenvalue weighted by Crippen LogP contribution is 2.42. The lowest BCUT2D eigenvalue weighted by Gasteiger charge is -2.29. The molecule has 7 heteroatoms. The summed E-state index contributed by atoms with van der Waals surface area (Å²) in [5.41, 5.74) is 4.11. The van der Waals surface area contributed by atoms with E-state index in [1.807, 2.05) is 79.9 Å². The van der Waals surface area contributed by atoms with Gasteiger partial charge in [-0.3, -0.25) is 4.98 Å². The maximum Gasteiger partial charge on any atom is 0.174 e. The third kappa shape index (κ3) is 4.61. The van der Waals surface area contributed by atoms with E-state index in [2.05, 4.69) is 50.2 Å². The van der Waals surface area contributed by atoms with Crippen LogP contribution in [0.2, 0.25) is 0 Å². The van der Waals surface area contributed by atoms with Crippen molar-refractivity contribution in [2.45, 2.75) is 25.6 Å². The molecule has 1 saturated heterocycles. The van der Waals surface area contributed by atoms with Gasteiger partial charge in [0, 0.05) is 23.8 Å². The largest absolute Gasteiger partial charge is 0.467 e. The van der Waals surface area contributed by atoms with Gasteiger partial charge in [0.15, 0.2) is 5.11 Å². The standard InChI is InChI=1S/C30H26N4O2S/c1-21-8-2-3-12-27(21)36-23-15-13-22(14-16-23)34-29(28(32-30(34)37)25-10-4-5-17-31-25)26-11-6-18-33(26)20-24-9-7-19-35-24/h2-19,28-29H,20H2,1H3,(H,32,37). The molecule has 2 aromatic carbocycles. The lowest BCUT2D eigenvalue weighted by Crippen LogP contribution is -2.30. The van der Waals surface area contributed by atoms with Gasteiger partial charge < -0.3 is 23.9 Å². The maximum absolute atomic E-state index is 6.13. The monoisotopic (exact) mass is 506 g/mol. The number of thiocarbonyl (C=S) groups is 1. The number of nitrogens with one attached hydrogen (secondary N) is 1. The van der Waals surface area contributed by atoms with Crippen molar-refractivity contribution in [3.05, 3.63) is 132 Å². The molecule has 5 aromatic rings. The topological polar surface area (TPSA) is 55.5 Å². The van der Waals surface area contributed by atoms with Crippen LogP contribution in [0, 0.1) is 6.92 Å². The summed E-state index contributed by atoms with van der Waals surface area (Å²) >= 11 is 5.89. The third-order valence-electron chi connectivity index (χ3n) is 6.61. The van der Waals surface area contributed by atoms with Crippen LogP contribution >= 0.6 is 12.2 Å². The van der Waals surface area contributed by atoms with Crippen molar-refractivity contribution in [1.82, 2.24) is 14.9 Å². The summed E-state index contributed by atoms with van der Waals surface area (Å²) in [5.74, 6) is 2.51. The Morgan fingerprint density at radius 3 is 2.54 bits per heavy atom. The van der Waals surface area contributed by atoms with Crippen LogP contribution in [0.3, 0.4) is 0 Å². The molecule has 2 unspecified atom stereocenters. The molecule has 1 fully saturated rings. The van der Waals surface area contributed by atoms with E-state index in [0.29, 0.717) is 11.7 Å². The van der Waals surface area contributed by atoms with E-state index in [9.17, 15) is 0 Å². The van der Waals surface area contributed by atoms with Gasteiger partial charge in [0.2, 0.25) is 0 Å². The lowest BCUT2D eigenvalue weighted by molar-refractivity contribution is 0.474. The van der Waals surface area contributed by atoms with Crippen LogP contribution in [0.25, 0.3) is 0 Å². The van der Waals surface area contributed by atoms with E-state index in [1.54, 1.807) is 6.26 Å². The van der Waals surface area contributed by atoms with Crippen molar-refractivity contribution in [3.8, 4) is 11.5 Å². The lowest BCUT2D eigenvalue weighted by atomic mass is 10.0. The minimum Gasteiger partial charge on any atom is -0.467 e. The van der Waals surface area contributed by atoms with Crippen molar-refractivity contribution < 1.29 is 9.15 Å². The second-order valence-corrected chi connectivity index (χ2v) is 9.39. The molecule has 0 bridgehead atoms. The molecule has 6 rings (SSSR count). The molecule has 2 atom stereocenters. The number of benzene rings is 2. The highest BCUT2D eigenvalue weighted by atomic mass is 32.1. The van der Waals surface area contributed by atoms with Gasteiger partial charge in [0.25, 0.3) is 0 Å². The Kier molecular flexibility index (Phi) is 6.20. The zero-order valence-corrected chi connectivity index (χ0v) is 21.1. The van der Waals surface area contributed by atoms with E-state index in [4.69, 9.17) is 21.4 Å². The smallest absolute Gasteiger partial charge is 0.174 e. The van der Waals surface area contributed by atoms with Gasteiger partial charge in [-0.05, 0) is 91.4 Å². The van der Waals surface area contributed by atoms with E-state index in [-0.39, 0.29) is 12.1 Å². The Morgan fingerprint density at radius 2 is 1.78 bits per heavy atom. The normalized spacial score (nSPS) is 17.1. The van der Waals surface area contributed by atoms with Gasteiger partial charge in [-0.2, -0.15) is 0 Å². The summed E-state index contributed by atoms with van der Waals surface area (Å²) < 4.78 is 14.0. The molecule has 6 nitrogen and oxygen atoms in total. The Labute approximate surface area is 221 Å². The van der Waals surface area contributed by atoms with Crippen molar-refractivity contribution >= 4 is 23.0 Å². The number of ether oxygens (including phenoxy) is 1. The summed E-state index contributed by atoms with van der Waals surface area (Å²) in [5, 5.41) is 4.18. The van der Waals surface area contributed by atoms with Crippen molar-refractivity contribution in [3.63, 3.8) is 0 Å². The van der Waals surface area contributed by atoms with Crippen LogP contribution in [-0.2, 0) is 6.54 Å². The molecule has 1 aliphatic heterocycles. The Bertz CT molecular complexity index is 1500. The van der Waals surface area contributed by atoms with E-state index in [0.717, 1.165) is 39.9 Å². The van der Waals surface area contributed by atoms with E-state index < -0.39 is 0 Å². The van der Waals surface area contributed by atoms with Gasteiger partial charge in [-0.25, -0.2) is 0 Å². The number of nitrogens with zero attached hydrogens (tertiary/aromatic N) is 3. The van der Waals surface area contributed by atoms with Crippen LogP contribution in [0.15, 0.2) is 114 Å².